The molecule has 2 aromatic heterocycles. The summed E-state index contributed by atoms with van der Waals surface area (Å²) >= 11 is 0. The lowest BCUT2D eigenvalue weighted by Gasteiger charge is -2.24. The monoisotopic (exact) mass is 278 g/mol. The van der Waals surface area contributed by atoms with Gasteiger partial charge in [0.2, 0.25) is 0 Å². The Morgan fingerprint density at radius 2 is 2.14 bits per heavy atom. The maximum atomic E-state index is 4.41. The normalized spacial score (nSPS) is 22.0. The Morgan fingerprint density at radius 1 is 1.19 bits per heavy atom. The van der Waals surface area contributed by atoms with Crippen LogP contribution >= 0.6 is 0 Å². The van der Waals surface area contributed by atoms with E-state index >= 15 is 0 Å². The van der Waals surface area contributed by atoms with Crippen molar-refractivity contribution in [3.05, 3.63) is 54.9 Å². The van der Waals surface area contributed by atoms with Crippen LogP contribution < -0.4 is 5.32 Å². The first-order chi connectivity index (χ1) is 10.3. The van der Waals surface area contributed by atoms with Gasteiger partial charge in [0.15, 0.2) is 0 Å². The lowest BCUT2D eigenvalue weighted by atomic mass is 9.86. The Labute approximate surface area is 123 Å². The van der Waals surface area contributed by atoms with Crippen molar-refractivity contribution >= 4 is 10.8 Å². The van der Waals surface area contributed by atoms with Gasteiger partial charge in [-0.2, -0.15) is 0 Å². The van der Waals surface area contributed by atoms with Gasteiger partial charge in [0.25, 0.3) is 0 Å². The number of pyridine rings is 1. The molecule has 21 heavy (non-hydrogen) atoms. The van der Waals surface area contributed by atoms with E-state index in [-0.39, 0.29) is 5.41 Å². The number of nitrogens with zero attached hydrogens (tertiary/aromatic N) is 3. The number of hydrogen-bond donors (Lipinski definition) is 1. The van der Waals surface area contributed by atoms with Gasteiger partial charge in [-0.3, -0.25) is 4.98 Å². The maximum absolute atomic E-state index is 4.41. The molecule has 1 N–H and O–H groups in total. The van der Waals surface area contributed by atoms with Crippen molar-refractivity contribution in [3.8, 4) is 5.69 Å². The van der Waals surface area contributed by atoms with Crippen LogP contribution in [-0.2, 0) is 5.41 Å². The van der Waals surface area contributed by atoms with Crippen molar-refractivity contribution in [1.82, 2.24) is 19.9 Å². The lowest BCUT2D eigenvalue weighted by molar-refractivity contribution is 0.499. The van der Waals surface area contributed by atoms with Crippen LogP contribution in [0, 0.1) is 0 Å². The quantitative estimate of drug-likeness (QED) is 0.783. The predicted octanol–water partition coefficient (Wildman–Crippen LogP) is 2.67. The molecule has 4 nitrogen and oxygen atoms in total. The highest BCUT2D eigenvalue weighted by atomic mass is 15.1. The van der Waals surface area contributed by atoms with Crippen molar-refractivity contribution in [3.63, 3.8) is 0 Å². The van der Waals surface area contributed by atoms with Crippen LogP contribution in [0.25, 0.3) is 16.5 Å². The maximum Gasteiger partial charge on any atom is 0.0994 e. The zero-order chi connectivity index (χ0) is 14.3. The molecular formula is C17H18N4. The fourth-order valence-electron chi connectivity index (χ4n) is 3.28. The molecule has 1 aliphatic rings. The number of nitrogens with one attached hydrogen (secondary N) is 1. The van der Waals surface area contributed by atoms with Crippen LogP contribution in [0.15, 0.2) is 49.2 Å². The van der Waals surface area contributed by atoms with Crippen LogP contribution in [0.5, 0.6) is 0 Å². The van der Waals surface area contributed by atoms with Crippen molar-refractivity contribution < 1.29 is 0 Å². The number of benzene rings is 1. The van der Waals surface area contributed by atoms with E-state index in [2.05, 4.69) is 51.0 Å². The molecule has 0 amide bonds. The van der Waals surface area contributed by atoms with Crippen LogP contribution in [0.4, 0.5) is 0 Å². The summed E-state index contributed by atoms with van der Waals surface area (Å²) in [6, 6.07) is 8.41. The molecule has 1 fully saturated rings. The van der Waals surface area contributed by atoms with Crippen molar-refractivity contribution in [2.24, 2.45) is 0 Å². The third kappa shape index (κ3) is 1.94. The summed E-state index contributed by atoms with van der Waals surface area (Å²) in [5, 5.41) is 5.83. The van der Waals surface area contributed by atoms with E-state index in [1.807, 2.05) is 24.9 Å². The standard InChI is InChI=1S/C17H18N4/c1-17(6-8-19-11-17)16-10-20-12-21(16)15-4-2-3-13-9-18-7-5-14(13)15/h2-5,7,9-10,12,19H,6,8,11H2,1H3. The highest BCUT2D eigenvalue weighted by Crippen LogP contribution is 2.33. The van der Waals surface area contributed by atoms with Crippen molar-refractivity contribution in [2.45, 2.75) is 18.8 Å². The highest BCUT2D eigenvalue weighted by Gasteiger charge is 2.33. The molecule has 0 spiro atoms. The van der Waals surface area contributed by atoms with E-state index in [1.165, 1.54) is 16.8 Å². The van der Waals surface area contributed by atoms with Gasteiger partial charge in [-0.1, -0.05) is 19.1 Å². The first-order valence-electron chi connectivity index (χ1n) is 7.35. The highest BCUT2D eigenvalue weighted by molar-refractivity contribution is 5.89. The Balaban J connectivity index is 1.93. The molecule has 1 aliphatic heterocycles. The molecule has 1 saturated heterocycles. The molecule has 1 aromatic carbocycles. The molecule has 0 bridgehead atoms. The number of imidazole rings is 1. The average Bonchev–Trinajstić information content (AvgIpc) is 3.16. The first kappa shape index (κ1) is 12.5. The number of hydrogen-bond acceptors (Lipinski definition) is 3. The van der Waals surface area contributed by atoms with Gasteiger partial charge in [0, 0.05) is 47.0 Å². The molecule has 4 heteroatoms. The summed E-state index contributed by atoms with van der Waals surface area (Å²) in [5.74, 6) is 0. The summed E-state index contributed by atoms with van der Waals surface area (Å²) in [6.07, 6.45) is 8.84. The Kier molecular flexibility index (Phi) is 2.79. The summed E-state index contributed by atoms with van der Waals surface area (Å²) in [6.45, 7) is 4.39. The summed E-state index contributed by atoms with van der Waals surface area (Å²) in [5.41, 5.74) is 2.60. The van der Waals surface area contributed by atoms with E-state index in [0.29, 0.717) is 0 Å². The summed E-state index contributed by atoms with van der Waals surface area (Å²) in [7, 11) is 0. The summed E-state index contributed by atoms with van der Waals surface area (Å²) in [4.78, 5) is 8.63. The molecule has 1 atom stereocenters. The number of rotatable bonds is 2. The SMILES string of the molecule is CC1(c2cncn2-c2cccc3cnccc23)CCNC1. The Bertz CT molecular complexity index is 779. The molecule has 0 saturated carbocycles. The lowest BCUT2D eigenvalue weighted by Crippen LogP contribution is -2.27. The van der Waals surface area contributed by atoms with Crippen molar-refractivity contribution in [2.75, 3.05) is 13.1 Å². The van der Waals surface area contributed by atoms with E-state index in [1.54, 1.807) is 0 Å². The van der Waals surface area contributed by atoms with Crippen LogP contribution in [0.1, 0.15) is 19.0 Å². The first-order valence-corrected chi connectivity index (χ1v) is 7.35. The molecule has 3 aromatic rings. The van der Waals surface area contributed by atoms with Gasteiger partial charge in [0.05, 0.1) is 12.0 Å². The van der Waals surface area contributed by atoms with Gasteiger partial charge in [-0.05, 0) is 25.1 Å². The Hall–Kier alpha value is -2.20. The Morgan fingerprint density at radius 3 is 3.00 bits per heavy atom. The number of aromatic nitrogens is 3. The fraction of sp³-hybridized carbons (Fsp3) is 0.294. The fourth-order valence-corrected chi connectivity index (χ4v) is 3.28. The van der Waals surface area contributed by atoms with E-state index in [4.69, 9.17) is 0 Å². The van der Waals surface area contributed by atoms with Crippen LogP contribution in [0.2, 0.25) is 0 Å². The number of fused-ring (bicyclic) bond motifs is 1. The van der Waals surface area contributed by atoms with E-state index in [0.717, 1.165) is 24.9 Å². The third-order valence-corrected chi connectivity index (χ3v) is 4.54. The van der Waals surface area contributed by atoms with Gasteiger partial charge >= 0.3 is 0 Å². The smallest absolute Gasteiger partial charge is 0.0994 e. The van der Waals surface area contributed by atoms with Crippen LogP contribution in [-0.4, -0.2) is 27.6 Å². The molecule has 1 unspecified atom stereocenters. The topological polar surface area (TPSA) is 42.7 Å². The van der Waals surface area contributed by atoms with E-state index < -0.39 is 0 Å². The van der Waals surface area contributed by atoms with E-state index in [9.17, 15) is 0 Å². The van der Waals surface area contributed by atoms with Gasteiger partial charge < -0.3 is 9.88 Å². The average molecular weight is 278 g/mol. The second-order valence-corrected chi connectivity index (χ2v) is 6.01. The second-order valence-electron chi connectivity index (χ2n) is 6.01. The predicted molar refractivity (Wildman–Crippen MR) is 83.7 cm³/mol. The minimum absolute atomic E-state index is 0.145. The van der Waals surface area contributed by atoms with Gasteiger partial charge in [0.1, 0.15) is 0 Å². The molecule has 4 rings (SSSR count). The van der Waals surface area contributed by atoms with Gasteiger partial charge in [-0.15, -0.1) is 0 Å². The second kappa shape index (κ2) is 4.67. The minimum Gasteiger partial charge on any atom is -0.316 e. The third-order valence-electron chi connectivity index (χ3n) is 4.54. The zero-order valence-corrected chi connectivity index (χ0v) is 12.1. The largest absolute Gasteiger partial charge is 0.316 e. The van der Waals surface area contributed by atoms with Gasteiger partial charge in [-0.25, -0.2) is 4.98 Å². The van der Waals surface area contributed by atoms with Crippen LogP contribution in [0.3, 0.4) is 0 Å². The zero-order valence-electron chi connectivity index (χ0n) is 12.1. The molecule has 0 aliphatic carbocycles. The molecule has 106 valence electrons. The van der Waals surface area contributed by atoms with Crippen molar-refractivity contribution in [1.29, 1.82) is 0 Å². The molecule has 3 heterocycles. The molecule has 0 radical (unpaired) electrons. The molecular weight excluding hydrogens is 260 g/mol. The summed E-state index contributed by atoms with van der Waals surface area (Å²) < 4.78 is 2.23. The minimum atomic E-state index is 0.145.